The Balaban J connectivity index is 1.44. The van der Waals surface area contributed by atoms with Crippen LogP contribution in [0.1, 0.15) is 20.9 Å². The van der Waals surface area contributed by atoms with Crippen LogP contribution in [-0.2, 0) is 0 Å². The van der Waals surface area contributed by atoms with Crippen LogP contribution in [0.5, 0.6) is 0 Å². The van der Waals surface area contributed by atoms with Gasteiger partial charge in [0.15, 0.2) is 5.82 Å². The molecule has 1 amide bonds. The lowest BCUT2D eigenvalue weighted by molar-refractivity contribution is 0.0751. The molecule has 0 radical (unpaired) electrons. The van der Waals surface area contributed by atoms with E-state index in [1.807, 2.05) is 48.5 Å². The molecular weight excluding hydrogens is 348 g/mol. The predicted molar refractivity (Wildman–Crippen MR) is 101 cm³/mol. The molecule has 0 bridgehead atoms. The molecule has 4 heterocycles. The van der Waals surface area contributed by atoms with Crippen LogP contribution in [0, 0.1) is 13.8 Å². The summed E-state index contributed by atoms with van der Waals surface area (Å²) in [6, 6.07) is 5.84. The van der Waals surface area contributed by atoms with Gasteiger partial charge in [-0.05, 0) is 36.9 Å². The third-order valence-electron chi connectivity index (χ3n) is 4.43. The normalized spacial score (nSPS) is 14.7. The molecule has 7 nitrogen and oxygen atoms in total. The molecule has 4 rings (SSSR count). The Bertz CT molecular complexity index is 925. The fraction of sp³-hybridized carbons (Fsp3) is 0.333. The largest absolute Gasteiger partial charge is 0.353 e. The SMILES string of the molecule is Cc1csc(C(=O)N2CCN(c3cc(-n4ccc(C)n4)ncn3)CC2)c1. The van der Waals surface area contributed by atoms with E-state index in [0.717, 1.165) is 40.9 Å². The van der Waals surface area contributed by atoms with Crippen molar-refractivity contribution < 1.29 is 4.79 Å². The first-order valence-corrected chi connectivity index (χ1v) is 9.42. The number of aromatic nitrogens is 4. The van der Waals surface area contributed by atoms with Crippen molar-refractivity contribution in [1.82, 2.24) is 24.6 Å². The van der Waals surface area contributed by atoms with Gasteiger partial charge in [0.2, 0.25) is 0 Å². The van der Waals surface area contributed by atoms with E-state index in [2.05, 4.69) is 20.0 Å². The molecule has 3 aromatic heterocycles. The van der Waals surface area contributed by atoms with Gasteiger partial charge < -0.3 is 9.80 Å². The molecule has 1 aliphatic heterocycles. The van der Waals surface area contributed by atoms with E-state index in [-0.39, 0.29) is 5.91 Å². The highest BCUT2D eigenvalue weighted by Gasteiger charge is 2.24. The maximum atomic E-state index is 12.6. The van der Waals surface area contributed by atoms with E-state index >= 15 is 0 Å². The molecule has 0 aliphatic carbocycles. The van der Waals surface area contributed by atoms with Crippen molar-refractivity contribution >= 4 is 23.1 Å². The first kappa shape index (κ1) is 16.7. The van der Waals surface area contributed by atoms with Crippen molar-refractivity contribution in [1.29, 1.82) is 0 Å². The summed E-state index contributed by atoms with van der Waals surface area (Å²) in [6.07, 6.45) is 3.45. The van der Waals surface area contributed by atoms with Gasteiger partial charge in [-0.1, -0.05) is 0 Å². The molecule has 1 aliphatic rings. The summed E-state index contributed by atoms with van der Waals surface area (Å²) in [7, 11) is 0. The molecule has 0 unspecified atom stereocenters. The molecule has 1 saturated heterocycles. The van der Waals surface area contributed by atoms with Gasteiger partial charge in [-0.15, -0.1) is 11.3 Å². The minimum atomic E-state index is 0.123. The summed E-state index contributed by atoms with van der Waals surface area (Å²) in [5, 5.41) is 6.41. The topological polar surface area (TPSA) is 67.2 Å². The Morgan fingerprint density at radius 2 is 1.85 bits per heavy atom. The molecule has 0 N–H and O–H groups in total. The number of amides is 1. The summed E-state index contributed by atoms with van der Waals surface area (Å²) in [5.74, 6) is 1.73. The number of anilines is 1. The van der Waals surface area contributed by atoms with Gasteiger partial charge in [-0.25, -0.2) is 14.6 Å². The molecule has 0 atom stereocenters. The lowest BCUT2D eigenvalue weighted by Crippen LogP contribution is -2.48. The van der Waals surface area contributed by atoms with Gasteiger partial charge in [-0.3, -0.25) is 4.79 Å². The summed E-state index contributed by atoms with van der Waals surface area (Å²) < 4.78 is 1.75. The van der Waals surface area contributed by atoms with Crippen LogP contribution in [0.15, 0.2) is 36.1 Å². The van der Waals surface area contributed by atoms with Crippen LogP contribution < -0.4 is 4.90 Å². The molecule has 0 spiro atoms. The van der Waals surface area contributed by atoms with Gasteiger partial charge in [0.25, 0.3) is 5.91 Å². The second-order valence-electron chi connectivity index (χ2n) is 6.40. The number of carbonyl (C=O) groups is 1. The van der Waals surface area contributed by atoms with Crippen LogP contribution in [-0.4, -0.2) is 56.7 Å². The molecule has 0 aromatic carbocycles. The van der Waals surface area contributed by atoms with E-state index in [1.165, 1.54) is 11.3 Å². The number of nitrogens with zero attached hydrogens (tertiary/aromatic N) is 6. The van der Waals surface area contributed by atoms with Crippen LogP contribution in [0.4, 0.5) is 5.82 Å². The zero-order chi connectivity index (χ0) is 18.1. The monoisotopic (exact) mass is 368 g/mol. The third-order valence-corrected chi connectivity index (χ3v) is 5.46. The van der Waals surface area contributed by atoms with Crippen molar-refractivity contribution in [2.45, 2.75) is 13.8 Å². The second-order valence-corrected chi connectivity index (χ2v) is 7.31. The maximum Gasteiger partial charge on any atom is 0.264 e. The average molecular weight is 368 g/mol. The smallest absolute Gasteiger partial charge is 0.264 e. The zero-order valence-corrected chi connectivity index (χ0v) is 15.6. The van der Waals surface area contributed by atoms with E-state index in [4.69, 9.17) is 0 Å². The van der Waals surface area contributed by atoms with E-state index in [1.54, 1.807) is 11.0 Å². The fourth-order valence-electron chi connectivity index (χ4n) is 3.02. The Morgan fingerprint density at radius 3 is 2.50 bits per heavy atom. The van der Waals surface area contributed by atoms with Gasteiger partial charge in [0.05, 0.1) is 10.6 Å². The number of hydrogen-bond acceptors (Lipinski definition) is 6. The molecule has 1 fully saturated rings. The van der Waals surface area contributed by atoms with Gasteiger partial charge >= 0.3 is 0 Å². The molecule has 26 heavy (non-hydrogen) atoms. The number of rotatable bonds is 3. The van der Waals surface area contributed by atoms with Gasteiger partial charge in [0, 0.05) is 38.4 Å². The van der Waals surface area contributed by atoms with Crippen LogP contribution in [0.25, 0.3) is 5.82 Å². The number of thiophene rings is 1. The van der Waals surface area contributed by atoms with Crippen molar-refractivity contribution in [3.05, 3.63) is 52.2 Å². The van der Waals surface area contributed by atoms with Crippen LogP contribution in [0.2, 0.25) is 0 Å². The number of aryl methyl sites for hydroxylation is 2. The molecule has 134 valence electrons. The highest BCUT2D eigenvalue weighted by molar-refractivity contribution is 7.12. The zero-order valence-electron chi connectivity index (χ0n) is 14.8. The van der Waals surface area contributed by atoms with Crippen molar-refractivity contribution in [2.24, 2.45) is 0 Å². The summed E-state index contributed by atoms with van der Waals surface area (Å²) in [6.45, 7) is 6.85. The summed E-state index contributed by atoms with van der Waals surface area (Å²) in [4.78, 5) is 26.2. The third kappa shape index (κ3) is 3.32. The number of hydrogen-bond donors (Lipinski definition) is 0. The highest BCUT2D eigenvalue weighted by atomic mass is 32.1. The minimum absolute atomic E-state index is 0.123. The second kappa shape index (κ2) is 6.87. The molecule has 0 saturated carbocycles. The van der Waals surface area contributed by atoms with Gasteiger partial charge in [0.1, 0.15) is 12.1 Å². The molecule has 8 heteroatoms. The van der Waals surface area contributed by atoms with E-state index < -0.39 is 0 Å². The molecule has 3 aromatic rings. The van der Waals surface area contributed by atoms with Gasteiger partial charge in [-0.2, -0.15) is 5.10 Å². The standard InChI is InChI=1S/C18H20N6OS/c1-13-9-15(26-11-13)18(25)23-7-5-22(6-8-23)16-10-17(20-12-19-16)24-4-3-14(2)21-24/h3-4,9-12H,5-8H2,1-2H3. The lowest BCUT2D eigenvalue weighted by Gasteiger charge is -2.35. The first-order chi connectivity index (χ1) is 12.6. The number of carbonyl (C=O) groups excluding carboxylic acids is 1. The summed E-state index contributed by atoms with van der Waals surface area (Å²) in [5.41, 5.74) is 2.08. The van der Waals surface area contributed by atoms with Crippen LogP contribution >= 0.6 is 11.3 Å². The Kier molecular flexibility index (Phi) is 4.42. The Labute approximate surface area is 155 Å². The summed E-state index contributed by atoms with van der Waals surface area (Å²) >= 11 is 1.51. The van der Waals surface area contributed by atoms with E-state index in [9.17, 15) is 4.79 Å². The Hall–Kier alpha value is -2.74. The van der Waals surface area contributed by atoms with Crippen molar-refractivity contribution in [3.8, 4) is 5.82 Å². The van der Waals surface area contributed by atoms with Crippen molar-refractivity contribution in [2.75, 3.05) is 31.1 Å². The maximum absolute atomic E-state index is 12.6. The highest BCUT2D eigenvalue weighted by Crippen LogP contribution is 2.19. The number of piperazine rings is 1. The quantitative estimate of drug-likeness (QED) is 0.710. The first-order valence-electron chi connectivity index (χ1n) is 8.54. The van der Waals surface area contributed by atoms with E-state index in [0.29, 0.717) is 13.1 Å². The lowest BCUT2D eigenvalue weighted by atomic mass is 10.2. The molecular formula is C18H20N6OS. The van der Waals surface area contributed by atoms with Crippen molar-refractivity contribution in [3.63, 3.8) is 0 Å². The van der Waals surface area contributed by atoms with Crippen LogP contribution in [0.3, 0.4) is 0 Å². The minimum Gasteiger partial charge on any atom is -0.353 e. The fourth-order valence-corrected chi connectivity index (χ4v) is 3.88. The predicted octanol–water partition coefficient (Wildman–Crippen LogP) is 2.30. The average Bonchev–Trinajstić information content (AvgIpc) is 3.30. The Morgan fingerprint density at radius 1 is 1.08 bits per heavy atom.